The molecule has 0 aliphatic carbocycles. The largest absolute Gasteiger partial charge is 0.489 e. The normalized spacial score (nSPS) is 17.7. The van der Waals surface area contributed by atoms with Gasteiger partial charge in [0.05, 0.1) is 17.7 Å². The van der Waals surface area contributed by atoms with E-state index in [1.807, 2.05) is 56.3 Å². The van der Waals surface area contributed by atoms with Gasteiger partial charge in [0.15, 0.2) is 11.5 Å². The van der Waals surface area contributed by atoms with Gasteiger partial charge in [-0.1, -0.05) is 18.2 Å². The molecule has 1 unspecified atom stereocenters. The van der Waals surface area contributed by atoms with Gasteiger partial charge in [-0.2, -0.15) is 0 Å². The summed E-state index contributed by atoms with van der Waals surface area (Å²) in [4.78, 5) is 26.9. The van der Waals surface area contributed by atoms with E-state index < -0.39 is 5.92 Å². The maximum absolute atomic E-state index is 12.7. The van der Waals surface area contributed by atoms with Crippen molar-refractivity contribution < 1.29 is 23.8 Å². The summed E-state index contributed by atoms with van der Waals surface area (Å²) in [6.07, 6.45) is 0.179. The average Bonchev–Trinajstić information content (AvgIpc) is 3.32. The van der Waals surface area contributed by atoms with Crippen molar-refractivity contribution in [2.24, 2.45) is 5.92 Å². The molecule has 0 saturated carbocycles. The summed E-state index contributed by atoms with van der Waals surface area (Å²) in [5.74, 6) is 1.43. The van der Waals surface area contributed by atoms with Crippen LogP contribution in [0.1, 0.15) is 25.8 Å². The van der Waals surface area contributed by atoms with E-state index in [4.69, 9.17) is 14.2 Å². The highest BCUT2D eigenvalue weighted by molar-refractivity contribution is 6.01. The Morgan fingerprint density at radius 2 is 2.00 bits per heavy atom. The molecule has 7 nitrogen and oxygen atoms in total. The van der Waals surface area contributed by atoms with E-state index in [9.17, 15) is 9.59 Å². The Kier molecular flexibility index (Phi) is 5.29. The fraction of sp³-hybridized carbons (Fsp3) is 0.364. The zero-order chi connectivity index (χ0) is 20.4. The van der Waals surface area contributed by atoms with Crippen molar-refractivity contribution in [1.29, 1.82) is 0 Å². The van der Waals surface area contributed by atoms with Crippen LogP contribution < -0.4 is 24.4 Å². The first-order valence-electron chi connectivity index (χ1n) is 9.73. The Bertz CT molecular complexity index is 927. The lowest BCUT2D eigenvalue weighted by Gasteiger charge is -2.21. The number of carbonyl (C=O) groups excluding carboxylic acids is 2. The number of carbonyl (C=O) groups is 2. The second kappa shape index (κ2) is 8.03. The number of rotatable bonds is 6. The zero-order valence-electron chi connectivity index (χ0n) is 16.5. The Labute approximate surface area is 169 Å². The highest BCUT2D eigenvalue weighted by Gasteiger charge is 2.36. The summed E-state index contributed by atoms with van der Waals surface area (Å²) in [7, 11) is 0. The predicted octanol–water partition coefficient (Wildman–Crippen LogP) is 2.87. The van der Waals surface area contributed by atoms with Gasteiger partial charge in [-0.15, -0.1) is 0 Å². The SMILES string of the molecule is CC(C)Oc1ccccc1N1CC(C(=O)NCc2ccc3c(c2)OCO3)CC1=O. The summed E-state index contributed by atoms with van der Waals surface area (Å²) in [5, 5.41) is 2.93. The number of anilines is 1. The molecule has 7 heteroatoms. The third kappa shape index (κ3) is 4.13. The van der Waals surface area contributed by atoms with Gasteiger partial charge in [0, 0.05) is 19.5 Å². The molecule has 152 valence electrons. The molecule has 0 bridgehead atoms. The molecular weight excluding hydrogens is 372 g/mol. The third-order valence-electron chi connectivity index (χ3n) is 4.92. The number of hydrogen-bond donors (Lipinski definition) is 1. The first-order chi connectivity index (χ1) is 14.0. The molecule has 29 heavy (non-hydrogen) atoms. The Morgan fingerprint density at radius 3 is 2.83 bits per heavy atom. The molecule has 2 amide bonds. The third-order valence-corrected chi connectivity index (χ3v) is 4.92. The van der Waals surface area contributed by atoms with E-state index in [0.29, 0.717) is 36.0 Å². The minimum atomic E-state index is -0.399. The van der Waals surface area contributed by atoms with Gasteiger partial charge in [0.1, 0.15) is 5.75 Å². The molecule has 1 N–H and O–H groups in total. The van der Waals surface area contributed by atoms with E-state index in [2.05, 4.69) is 5.32 Å². The van der Waals surface area contributed by atoms with Crippen LogP contribution in [-0.4, -0.2) is 31.3 Å². The molecule has 0 spiro atoms. The molecule has 2 heterocycles. The molecule has 0 radical (unpaired) electrons. The fourth-order valence-electron chi connectivity index (χ4n) is 3.53. The van der Waals surface area contributed by atoms with Crippen LogP contribution in [-0.2, 0) is 16.1 Å². The van der Waals surface area contributed by atoms with Crippen molar-refractivity contribution >= 4 is 17.5 Å². The van der Waals surface area contributed by atoms with Gasteiger partial charge in [-0.3, -0.25) is 9.59 Å². The van der Waals surface area contributed by atoms with E-state index in [0.717, 1.165) is 5.56 Å². The van der Waals surface area contributed by atoms with E-state index >= 15 is 0 Å². The number of benzene rings is 2. The molecule has 4 rings (SSSR count). The quantitative estimate of drug-likeness (QED) is 0.813. The minimum Gasteiger partial charge on any atom is -0.489 e. The second-order valence-corrected chi connectivity index (χ2v) is 7.45. The lowest BCUT2D eigenvalue weighted by atomic mass is 10.1. The molecule has 2 aromatic rings. The lowest BCUT2D eigenvalue weighted by Crippen LogP contribution is -2.32. The molecule has 2 aliphatic heterocycles. The minimum absolute atomic E-state index is 0.00495. The summed E-state index contributed by atoms with van der Waals surface area (Å²) in [6.45, 7) is 4.80. The first kappa shape index (κ1) is 19.1. The van der Waals surface area contributed by atoms with E-state index in [1.54, 1.807) is 4.90 Å². The van der Waals surface area contributed by atoms with Gasteiger partial charge in [-0.05, 0) is 43.7 Å². The maximum Gasteiger partial charge on any atom is 0.231 e. The van der Waals surface area contributed by atoms with E-state index in [-0.39, 0.29) is 31.1 Å². The van der Waals surface area contributed by atoms with Crippen molar-refractivity contribution in [3.63, 3.8) is 0 Å². The smallest absolute Gasteiger partial charge is 0.231 e. The highest BCUT2D eigenvalue weighted by Crippen LogP contribution is 2.34. The Morgan fingerprint density at radius 1 is 1.21 bits per heavy atom. The Balaban J connectivity index is 1.39. The summed E-state index contributed by atoms with van der Waals surface area (Å²) >= 11 is 0. The molecular formula is C22H24N2O5. The van der Waals surface area contributed by atoms with Crippen LogP contribution in [0.2, 0.25) is 0 Å². The second-order valence-electron chi connectivity index (χ2n) is 7.45. The number of amides is 2. The van der Waals surface area contributed by atoms with Crippen LogP contribution in [0.4, 0.5) is 5.69 Å². The highest BCUT2D eigenvalue weighted by atomic mass is 16.7. The van der Waals surface area contributed by atoms with E-state index in [1.165, 1.54) is 0 Å². The molecule has 2 aliphatic rings. The van der Waals surface area contributed by atoms with Gasteiger partial charge in [0.2, 0.25) is 18.6 Å². The van der Waals surface area contributed by atoms with Crippen LogP contribution >= 0.6 is 0 Å². The van der Waals surface area contributed by atoms with Crippen molar-refractivity contribution in [2.75, 3.05) is 18.2 Å². The van der Waals surface area contributed by atoms with Crippen LogP contribution in [0.25, 0.3) is 0 Å². The molecule has 1 fully saturated rings. The van der Waals surface area contributed by atoms with Gasteiger partial charge in [0.25, 0.3) is 0 Å². The first-order valence-corrected chi connectivity index (χ1v) is 9.73. The lowest BCUT2D eigenvalue weighted by molar-refractivity contribution is -0.126. The van der Waals surface area contributed by atoms with Gasteiger partial charge >= 0.3 is 0 Å². The van der Waals surface area contributed by atoms with Crippen LogP contribution in [0.5, 0.6) is 17.2 Å². The standard InChI is InChI=1S/C22H24N2O5/c1-14(2)29-18-6-4-3-5-17(18)24-12-16(10-21(24)25)22(26)23-11-15-7-8-19-20(9-15)28-13-27-19/h3-9,14,16H,10-13H2,1-2H3,(H,23,26). The summed E-state index contributed by atoms with van der Waals surface area (Å²) in [5.41, 5.74) is 1.62. The molecule has 1 saturated heterocycles. The maximum atomic E-state index is 12.7. The van der Waals surface area contributed by atoms with Gasteiger partial charge < -0.3 is 24.4 Å². The molecule has 2 aromatic carbocycles. The average molecular weight is 396 g/mol. The summed E-state index contributed by atoms with van der Waals surface area (Å²) < 4.78 is 16.5. The van der Waals surface area contributed by atoms with Crippen molar-refractivity contribution in [1.82, 2.24) is 5.32 Å². The number of nitrogens with zero attached hydrogens (tertiary/aromatic N) is 1. The van der Waals surface area contributed by atoms with Gasteiger partial charge in [-0.25, -0.2) is 0 Å². The van der Waals surface area contributed by atoms with Crippen molar-refractivity contribution in [3.8, 4) is 17.2 Å². The van der Waals surface area contributed by atoms with Crippen LogP contribution in [0.3, 0.4) is 0 Å². The molecule has 0 aromatic heterocycles. The summed E-state index contributed by atoms with van der Waals surface area (Å²) in [6, 6.07) is 13.0. The number of para-hydroxylation sites is 2. The molecule has 1 atom stereocenters. The van der Waals surface area contributed by atoms with Crippen LogP contribution in [0, 0.1) is 5.92 Å². The topological polar surface area (TPSA) is 77.1 Å². The monoisotopic (exact) mass is 396 g/mol. The number of nitrogens with one attached hydrogen (secondary N) is 1. The number of hydrogen-bond acceptors (Lipinski definition) is 5. The van der Waals surface area contributed by atoms with Crippen LogP contribution in [0.15, 0.2) is 42.5 Å². The number of ether oxygens (including phenoxy) is 3. The predicted molar refractivity (Wildman–Crippen MR) is 107 cm³/mol. The van der Waals surface area contributed by atoms with Crippen molar-refractivity contribution in [2.45, 2.75) is 32.9 Å². The Hall–Kier alpha value is -3.22. The number of fused-ring (bicyclic) bond motifs is 1. The fourth-order valence-corrected chi connectivity index (χ4v) is 3.53. The zero-order valence-corrected chi connectivity index (χ0v) is 16.5. The van der Waals surface area contributed by atoms with Crippen molar-refractivity contribution in [3.05, 3.63) is 48.0 Å².